The van der Waals surface area contributed by atoms with Crippen LogP contribution in [0.25, 0.3) is 0 Å². The normalized spacial score (nSPS) is 20.2. The molecule has 0 saturated carbocycles. The highest BCUT2D eigenvalue weighted by Gasteiger charge is 2.34. The average Bonchev–Trinajstić information content (AvgIpc) is 3.12. The Bertz CT molecular complexity index is 617. The maximum Gasteiger partial charge on any atom is 0.417 e. The predicted molar refractivity (Wildman–Crippen MR) is 98.3 cm³/mol. The molecule has 0 bridgehead atoms. The summed E-state index contributed by atoms with van der Waals surface area (Å²) in [5, 5.41) is 15.5. The predicted octanol–water partition coefficient (Wildman–Crippen LogP) is 1.82. The molecule has 1 aromatic rings. The molecule has 2 rings (SSSR count). The summed E-state index contributed by atoms with van der Waals surface area (Å²) in [5.41, 5.74) is -0.954. The van der Waals surface area contributed by atoms with E-state index in [9.17, 15) is 18.3 Å². The molecule has 1 atom stereocenters. The lowest BCUT2D eigenvalue weighted by atomic mass is 9.84. The fourth-order valence-corrected chi connectivity index (χ4v) is 2.83. The van der Waals surface area contributed by atoms with Gasteiger partial charge >= 0.3 is 6.18 Å². The molecule has 0 radical (unpaired) electrons. The maximum atomic E-state index is 12.5. The van der Waals surface area contributed by atoms with Crippen molar-refractivity contribution in [3.63, 3.8) is 0 Å². The van der Waals surface area contributed by atoms with Gasteiger partial charge < -0.3 is 25.2 Å². The number of pyridine rings is 1. The first-order valence-electron chi connectivity index (χ1n) is 9.25. The highest BCUT2D eigenvalue weighted by Crippen LogP contribution is 2.32. The number of aliphatic imine (C=N–C) groups is 1. The molecule has 1 unspecified atom stereocenters. The molecule has 2 heterocycles. The molecule has 0 amide bonds. The van der Waals surface area contributed by atoms with E-state index in [0.717, 1.165) is 18.7 Å². The number of nitrogens with one attached hydrogen (secondary N) is 2. The topological polar surface area (TPSA) is 88.0 Å². The van der Waals surface area contributed by atoms with Gasteiger partial charge in [0.1, 0.15) is 6.61 Å². The molecule has 0 spiro atoms. The quantitative estimate of drug-likeness (QED) is 0.331. The molecule has 10 heteroatoms. The molecule has 1 aliphatic rings. The van der Waals surface area contributed by atoms with Crippen molar-refractivity contribution in [3.05, 3.63) is 23.9 Å². The van der Waals surface area contributed by atoms with Crippen molar-refractivity contribution in [1.82, 2.24) is 15.6 Å². The van der Waals surface area contributed by atoms with Crippen LogP contribution in [0.2, 0.25) is 0 Å². The smallest absolute Gasteiger partial charge is 0.417 e. The highest BCUT2D eigenvalue weighted by molar-refractivity contribution is 5.79. The third kappa shape index (κ3) is 6.83. The summed E-state index contributed by atoms with van der Waals surface area (Å²) in [7, 11) is 0. The lowest BCUT2D eigenvalue weighted by molar-refractivity contribution is -0.137. The molecule has 158 valence electrons. The molecule has 1 fully saturated rings. The van der Waals surface area contributed by atoms with Crippen molar-refractivity contribution >= 4 is 5.96 Å². The zero-order valence-electron chi connectivity index (χ0n) is 15.9. The van der Waals surface area contributed by atoms with Crippen LogP contribution in [-0.2, 0) is 10.9 Å². The Kier molecular flexibility index (Phi) is 8.31. The van der Waals surface area contributed by atoms with Crippen molar-refractivity contribution < 1.29 is 27.8 Å². The number of hydrogen-bond donors (Lipinski definition) is 3. The fourth-order valence-electron chi connectivity index (χ4n) is 2.83. The van der Waals surface area contributed by atoms with E-state index in [1.165, 1.54) is 6.07 Å². The van der Waals surface area contributed by atoms with E-state index in [0.29, 0.717) is 45.2 Å². The van der Waals surface area contributed by atoms with E-state index >= 15 is 0 Å². The molecule has 3 N–H and O–H groups in total. The third-order valence-electron chi connectivity index (χ3n) is 4.45. The second-order valence-corrected chi connectivity index (χ2v) is 6.63. The first-order chi connectivity index (χ1) is 13.4. The van der Waals surface area contributed by atoms with Gasteiger partial charge in [-0.25, -0.2) is 4.98 Å². The van der Waals surface area contributed by atoms with Gasteiger partial charge in [-0.1, -0.05) is 0 Å². The molecule has 0 aromatic carbocycles. The van der Waals surface area contributed by atoms with Gasteiger partial charge in [0.15, 0.2) is 5.96 Å². The summed E-state index contributed by atoms with van der Waals surface area (Å²) in [5.74, 6) is 0.734. The SMILES string of the molecule is CCNC(=NCC1(CCO)CCOC1)NCCOc1ccc(C(F)(F)F)cn1. The van der Waals surface area contributed by atoms with Crippen molar-refractivity contribution in [1.29, 1.82) is 0 Å². The van der Waals surface area contributed by atoms with E-state index in [1.807, 2.05) is 6.92 Å². The third-order valence-corrected chi connectivity index (χ3v) is 4.45. The molecule has 0 aliphatic carbocycles. The maximum absolute atomic E-state index is 12.5. The van der Waals surface area contributed by atoms with Crippen molar-refractivity contribution in [2.24, 2.45) is 10.4 Å². The van der Waals surface area contributed by atoms with Crippen molar-refractivity contribution in [2.75, 3.05) is 46.1 Å². The summed E-state index contributed by atoms with van der Waals surface area (Å²) in [6, 6.07) is 2.13. The Morgan fingerprint density at radius 3 is 2.79 bits per heavy atom. The average molecular weight is 404 g/mol. The lowest BCUT2D eigenvalue weighted by Crippen LogP contribution is -2.40. The van der Waals surface area contributed by atoms with Crippen LogP contribution in [0.15, 0.2) is 23.3 Å². The number of hydrogen-bond acceptors (Lipinski definition) is 5. The molecule has 7 nitrogen and oxygen atoms in total. The number of alkyl halides is 3. The number of guanidine groups is 1. The van der Waals surface area contributed by atoms with Gasteiger partial charge in [0.05, 0.1) is 25.3 Å². The fraction of sp³-hybridized carbons (Fsp3) is 0.667. The van der Waals surface area contributed by atoms with Gasteiger partial charge in [-0.05, 0) is 25.8 Å². The second kappa shape index (κ2) is 10.5. The molecule has 28 heavy (non-hydrogen) atoms. The van der Waals surface area contributed by atoms with Gasteiger partial charge in [0, 0.05) is 37.4 Å². The van der Waals surface area contributed by atoms with Gasteiger partial charge in [-0.2, -0.15) is 13.2 Å². The number of halogens is 3. The zero-order valence-corrected chi connectivity index (χ0v) is 15.9. The Hall–Kier alpha value is -2.07. The van der Waals surface area contributed by atoms with Crippen LogP contribution in [0, 0.1) is 5.41 Å². The van der Waals surface area contributed by atoms with Crippen LogP contribution < -0.4 is 15.4 Å². The minimum Gasteiger partial charge on any atom is -0.476 e. The Balaban J connectivity index is 1.81. The van der Waals surface area contributed by atoms with E-state index < -0.39 is 11.7 Å². The van der Waals surface area contributed by atoms with E-state index in [4.69, 9.17) is 9.47 Å². The van der Waals surface area contributed by atoms with Crippen LogP contribution in [0.5, 0.6) is 5.88 Å². The van der Waals surface area contributed by atoms with E-state index in [2.05, 4.69) is 20.6 Å². The Morgan fingerprint density at radius 1 is 1.39 bits per heavy atom. The molecule has 1 saturated heterocycles. The summed E-state index contributed by atoms with van der Waals surface area (Å²) < 4.78 is 48.4. The summed E-state index contributed by atoms with van der Waals surface area (Å²) in [6.07, 6.45) is -2.17. The molecular formula is C18H27F3N4O3. The van der Waals surface area contributed by atoms with Gasteiger partial charge in [0.25, 0.3) is 0 Å². The molecular weight excluding hydrogens is 377 g/mol. The highest BCUT2D eigenvalue weighted by atomic mass is 19.4. The Morgan fingerprint density at radius 2 is 2.21 bits per heavy atom. The first kappa shape index (κ1) is 22.2. The van der Waals surface area contributed by atoms with Gasteiger partial charge in [-0.3, -0.25) is 4.99 Å². The largest absolute Gasteiger partial charge is 0.476 e. The van der Waals surface area contributed by atoms with Crippen LogP contribution in [-0.4, -0.2) is 62.1 Å². The number of nitrogens with zero attached hydrogens (tertiary/aromatic N) is 2. The second-order valence-electron chi connectivity index (χ2n) is 6.63. The van der Waals surface area contributed by atoms with Crippen LogP contribution in [0.3, 0.4) is 0 Å². The van der Waals surface area contributed by atoms with Crippen LogP contribution >= 0.6 is 0 Å². The number of rotatable bonds is 9. The van der Waals surface area contributed by atoms with Gasteiger partial charge in [-0.15, -0.1) is 0 Å². The van der Waals surface area contributed by atoms with Gasteiger partial charge in [0.2, 0.25) is 5.88 Å². The van der Waals surface area contributed by atoms with Crippen molar-refractivity contribution in [2.45, 2.75) is 25.9 Å². The Labute approximate surface area is 162 Å². The monoisotopic (exact) mass is 404 g/mol. The van der Waals surface area contributed by atoms with Crippen LogP contribution in [0.4, 0.5) is 13.2 Å². The summed E-state index contributed by atoms with van der Waals surface area (Å²) >= 11 is 0. The van der Waals surface area contributed by atoms with E-state index in [1.54, 1.807) is 0 Å². The van der Waals surface area contributed by atoms with Crippen LogP contribution in [0.1, 0.15) is 25.3 Å². The van der Waals surface area contributed by atoms with E-state index in [-0.39, 0.29) is 24.5 Å². The van der Waals surface area contributed by atoms with Crippen molar-refractivity contribution in [3.8, 4) is 5.88 Å². The number of aromatic nitrogens is 1. The summed E-state index contributed by atoms with van der Waals surface area (Å²) in [4.78, 5) is 8.24. The first-order valence-corrected chi connectivity index (χ1v) is 9.25. The number of ether oxygens (including phenoxy) is 2. The lowest BCUT2D eigenvalue weighted by Gasteiger charge is -2.24. The number of aliphatic hydroxyl groups excluding tert-OH is 1. The minimum absolute atomic E-state index is 0.0941. The standard InChI is InChI=1S/C18H27F3N4O3/c1-2-22-16(25-12-17(5-8-26)6-9-27-13-17)23-7-10-28-15-4-3-14(11-24-15)18(19,20)21/h3-4,11,26H,2,5-10,12-13H2,1H3,(H2,22,23,25). The minimum atomic E-state index is -4.41. The number of aliphatic hydroxyl groups is 1. The zero-order chi connectivity index (χ0) is 20.5. The molecule has 1 aliphatic heterocycles. The summed E-state index contributed by atoms with van der Waals surface area (Å²) in [6.45, 7) is 5.12. The molecule has 1 aromatic heterocycles.